The first kappa shape index (κ1) is 18.3. The summed E-state index contributed by atoms with van der Waals surface area (Å²) in [5.41, 5.74) is 6.36. The third-order valence-electron chi connectivity index (χ3n) is 4.87. The molecule has 6 heteroatoms. The van der Waals surface area contributed by atoms with Crippen molar-refractivity contribution in [3.05, 3.63) is 58.4 Å². The number of nitrogens with zero attached hydrogens (tertiary/aromatic N) is 4. The molecule has 0 aliphatic rings. The Morgan fingerprint density at radius 2 is 1.88 bits per heavy atom. The van der Waals surface area contributed by atoms with Crippen LogP contribution >= 0.6 is 11.8 Å². The molecule has 0 saturated heterocycles. The maximum Gasteiger partial charge on any atom is 0.191 e. The summed E-state index contributed by atoms with van der Waals surface area (Å²) in [6.07, 6.45) is 3.48. The highest BCUT2D eigenvalue weighted by atomic mass is 32.2. The Morgan fingerprint density at radius 1 is 1.12 bits per heavy atom. The van der Waals surface area contributed by atoms with Crippen LogP contribution in [0.4, 0.5) is 0 Å². The minimum Gasteiger partial charge on any atom is -0.305 e. The van der Waals surface area contributed by atoms with E-state index in [-0.39, 0.29) is 5.78 Å². The first-order valence-electron chi connectivity index (χ1n) is 8.43. The molecule has 134 valence electrons. The fourth-order valence-electron chi connectivity index (χ4n) is 2.90. The topological polar surface area (TPSA) is 60.7 Å². The molecule has 0 fully saturated rings. The van der Waals surface area contributed by atoms with E-state index in [9.17, 15) is 4.79 Å². The molecule has 0 N–H and O–H groups in total. The average Bonchev–Trinajstić information content (AvgIpc) is 3.02. The highest BCUT2D eigenvalue weighted by molar-refractivity contribution is 7.99. The van der Waals surface area contributed by atoms with E-state index >= 15 is 0 Å². The quantitative estimate of drug-likeness (QED) is 0.503. The van der Waals surface area contributed by atoms with Crippen molar-refractivity contribution in [1.29, 1.82) is 0 Å². The lowest BCUT2D eigenvalue weighted by Crippen LogP contribution is -2.08. The predicted molar refractivity (Wildman–Crippen MR) is 105 cm³/mol. The van der Waals surface area contributed by atoms with Gasteiger partial charge in [-0.3, -0.25) is 9.78 Å². The minimum atomic E-state index is 0.115. The standard InChI is InChI=1S/C20H22N4OS/c1-12-9-17(15(4)14(3)13(12)2)18(25)11-26-20-23-22-19(24(20)5)16-7-6-8-21-10-16/h6-10H,11H2,1-5H3. The third kappa shape index (κ3) is 3.42. The van der Waals surface area contributed by atoms with E-state index in [0.717, 1.165) is 33.2 Å². The molecule has 3 aromatic rings. The Kier molecular flexibility index (Phi) is 5.23. The summed E-state index contributed by atoms with van der Waals surface area (Å²) in [7, 11) is 1.90. The Labute approximate surface area is 157 Å². The Balaban J connectivity index is 1.78. The molecule has 0 aliphatic carbocycles. The number of benzene rings is 1. The first-order chi connectivity index (χ1) is 12.4. The van der Waals surface area contributed by atoms with Crippen molar-refractivity contribution in [2.75, 3.05) is 5.75 Å². The molecule has 2 heterocycles. The van der Waals surface area contributed by atoms with Crippen LogP contribution in [-0.2, 0) is 7.05 Å². The zero-order chi connectivity index (χ0) is 18.8. The molecule has 2 aromatic heterocycles. The van der Waals surface area contributed by atoms with Crippen LogP contribution in [0.2, 0.25) is 0 Å². The van der Waals surface area contributed by atoms with Crippen molar-refractivity contribution < 1.29 is 4.79 Å². The van der Waals surface area contributed by atoms with Gasteiger partial charge in [0.05, 0.1) is 5.75 Å². The van der Waals surface area contributed by atoms with Crippen molar-refractivity contribution in [3.63, 3.8) is 0 Å². The van der Waals surface area contributed by atoms with Crippen LogP contribution in [0.25, 0.3) is 11.4 Å². The molecule has 0 bridgehead atoms. The Morgan fingerprint density at radius 3 is 2.58 bits per heavy atom. The zero-order valence-electron chi connectivity index (χ0n) is 15.7. The van der Waals surface area contributed by atoms with Crippen molar-refractivity contribution in [2.24, 2.45) is 7.05 Å². The summed E-state index contributed by atoms with van der Waals surface area (Å²) in [4.78, 5) is 16.9. The van der Waals surface area contributed by atoms with Crippen molar-refractivity contribution in [2.45, 2.75) is 32.9 Å². The molecule has 0 unspecified atom stereocenters. The number of carbonyl (C=O) groups excluding carboxylic acids is 1. The zero-order valence-corrected chi connectivity index (χ0v) is 16.5. The lowest BCUT2D eigenvalue weighted by atomic mass is 9.93. The van der Waals surface area contributed by atoms with E-state index in [4.69, 9.17) is 0 Å². The van der Waals surface area contributed by atoms with E-state index in [1.807, 2.05) is 36.7 Å². The van der Waals surface area contributed by atoms with Gasteiger partial charge < -0.3 is 4.57 Å². The fourth-order valence-corrected chi connectivity index (χ4v) is 3.69. The van der Waals surface area contributed by atoms with Crippen molar-refractivity contribution in [1.82, 2.24) is 19.7 Å². The van der Waals surface area contributed by atoms with Gasteiger partial charge in [0.2, 0.25) is 0 Å². The van der Waals surface area contributed by atoms with Crippen LogP contribution in [0.5, 0.6) is 0 Å². The monoisotopic (exact) mass is 366 g/mol. The van der Waals surface area contributed by atoms with Gasteiger partial charge in [-0.1, -0.05) is 11.8 Å². The van der Waals surface area contributed by atoms with Crippen LogP contribution in [-0.4, -0.2) is 31.3 Å². The maximum atomic E-state index is 12.8. The van der Waals surface area contributed by atoms with Crippen LogP contribution in [0.1, 0.15) is 32.6 Å². The highest BCUT2D eigenvalue weighted by Gasteiger charge is 2.17. The number of rotatable bonds is 5. The number of ketones is 1. The van der Waals surface area contributed by atoms with E-state index in [1.54, 1.807) is 12.4 Å². The van der Waals surface area contributed by atoms with Gasteiger partial charge in [0, 0.05) is 30.6 Å². The SMILES string of the molecule is Cc1cc(C(=O)CSc2nnc(-c3cccnc3)n2C)c(C)c(C)c1C. The van der Waals surface area contributed by atoms with E-state index in [2.05, 4.69) is 36.0 Å². The second-order valence-corrected chi connectivity index (χ2v) is 7.38. The maximum absolute atomic E-state index is 12.8. The predicted octanol–water partition coefficient (Wildman–Crippen LogP) is 4.09. The number of thioether (sulfide) groups is 1. The molecule has 0 amide bonds. The van der Waals surface area contributed by atoms with E-state index < -0.39 is 0 Å². The van der Waals surface area contributed by atoms with Gasteiger partial charge in [-0.05, 0) is 68.1 Å². The van der Waals surface area contributed by atoms with Gasteiger partial charge in [-0.15, -0.1) is 10.2 Å². The van der Waals surface area contributed by atoms with E-state index in [1.165, 1.54) is 22.9 Å². The van der Waals surface area contributed by atoms with Gasteiger partial charge >= 0.3 is 0 Å². The fraction of sp³-hybridized carbons (Fsp3) is 0.300. The van der Waals surface area contributed by atoms with Gasteiger partial charge in [0.15, 0.2) is 16.8 Å². The Hall–Kier alpha value is -2.47. The van der Waals surface area contributed by atoms with Crippen LogP contribution in [0, 0.1) is 27.7 Å². The third-order valence-corrected chi connectivity index (χ3v) is 5.89. The van der Waals surface area contributed by atoms with Crippen molar-refractivity contribution in [3.8, 4) is 11.4 Å². The molecule has 1 aromatic carbocycles. The summed E-state index contributed by atoms with van der Waals surface area (Å²) in [6.45, 7) is 8.24. The van der Waals surface area contributed by atoms with E-state index in [0.29, 0.717) is 5.75 Å². The van der Waals surface area contributed by atoms with Gasteiger partial charge in [-0.2, -0.15) is 0 Å². The summed E-state index contributed by atoms with van der Waals surface area (Å²) in [5.74, 6) is 1.19. The summed E-state index contributed by atoms with van der Waals surface area (Å²) >= 11 is 1.41. The number of pyridine rings is 1. The molecular weight excluding hydrogens is 344 g/mol. The lowest BCUT2D eigenvalue weighted by Gasteiger charge is -2.13. The minimum absolute atomic E-state index is 0.115. The normalized spacial score (nSPS) is 11.0. The number of hydrogen-bond acceptors (Lipinski definition) is 5. The second-order valence-electron chi connectivity index (χ2n) is 6.43. The van der Waals surface area contributed by atoms with Gasteiger partial charge in [0.1, 0.15) is 0 Å². The molecule has 5 nitrogen and oxygen atoms in total. The first-order valence-corrected chi connectivity index (χ1v) is 9.42. The van der Waals surface area contributed by atoms with Crippen LogP contribution in [0.3, 0.4) is 0 Å². The number of Topliss-reactive ketones (excluding diaryl/α,β-unsaturated/α-hetero) is 1. The molecule has 0 spiro atoms. The molecule has 0 radical (unpaired) electrons. The molecule has 0 saturated carbocycles. The number of hydrogen-bond donors (Lipinski definition) is 0. The average molecular weight is 366 g/mol. The summed E-state index contributed by atoms with van der Waals surface area (Å²) in [5, 5.41) is 9.18. The second kappa shape index (κ2) is 7.41. The number of aromatic nitrogens is 4. The highest BCUT2D eigenvalue weighted by Crippen LogP contribution is 2.25. The number of carbonyl (C=O) groups is 1. The molecule has 0 aliphatic heterocycles. The van der Waals surface area contributed by atoms with Crippen molar-refractivity contribution >= 4 is 17.5 Å². The van der Waals surface area contributed by atoms with Crippen LogP contribution in [0.15, 0.2) is 35.7 Å². The Bertz CT molecular complexity index is 964. The molecule has 26 heavy (non-hydrogen) atoms. The lowest BCUT2D eigenvalue weighted by molar-refractivity contribution is 0.102. The van der Waals surface area contributed by atoms with Gasteiger partial charge in [-0.25, -0.2) is 0 Å². The van der Waals surface area contributed by atoms with Gasteiger partial charge in [0.25, 0.3) is 0 Å². The van der Waals surface area contributed by atoms with Crippen LogP contribution < -0.4 is 0 Å². The number of aryl methyl sites for hydroxylation is 1. The largest absolute Gasteiger partial charge is 0.305 e. The molecule has 3 rings (SSSR count). The summed E-state index contributed by atoms with van der Waals surface area (Å²) < 4.78 is 1.90. The molecular formula is C20H22N4OS. The smallest absolute Gasteiger partial charge is 0.191 e. The summed E-state index contributed by atoms with van der Waals surface area (Å²) in [6, 6.07) is 5.81. The molecule has 0 atom stereocenters.